The zero-order valence-electron chi connectivity index (χ0n) is 9.63. The predicted molar refractivity (Wildman–Crippen MR) is 61.5 cm³/mol. The quantitative estimate of drug-likeness (QED) is 0.741. The minimum Gasteiger partial charge on any atom is -0.490 e. The molecule has 1 aromatic heterocycles. The Balaban J connectivity index is 2.65. The molecule has 1 heterocycles. The normalized spacial score (nSPS) is 11.3. The molecule has 15 heavy (non-hydrogen) atoms. The summed E-state index contributed by atoms with van der Waals surface area (Å²) in [6.45, 7) is 8.19. The molecule has 0 saturated heterocycles. The van der Waals surface area contributed by atoms with Crippen molar-refractivity contribution in [3.8, 4) is 5.75 Å². The molecule has 80 valence electrons. The van der Waals surface area contributed by atoms with Gasteiger partial charge >= 0.3 is 0 Å². The van der Waals surface area contributed by atoms with Crippen LogP contribution in [0.15, 0.2) is 22.8 Å². The molecule has 0 fully saturated rings. The highest BCUT2D eigenvalue weighted by atomic mass is 16.5. The van der Waals surface area contributed by atoms with Gasteiger partial charge in [-0.05, 0) is 51.0 Å². The van der Waals surface area contributed by atoms with E-state index >= 15 is 0 Å². The third-order valence-electron chi connectivity index (χ3n) is 2.41. The highest BCUT2D eigenvalue weighted by Crippen LogP contribution is 2.33. The first-order valence-corrected chi connectivity index (χ1v) is 5.23. The van der Waals surface area contributed by atoms with Crippen LogP contribution < -0.4 is 4.74 Å². The predicted octanol–water partition coefficient (Wildman–Crippen LogP) is 3.84. The minimum absolute atomic E-state index is 0.185. The lowest BCUT2D eigenvalue weighted by Gasteiger charge is -2.14. The number of fused-ring (bicyclic) bond motifs is 1. The number of hydrogen-bond acceptors (Lipinski definition) is 2. The van der Waals surface area contributed by atoms with Crippen molar-refractivity contribution in [2.75, 3.05) is 0 Å². The zero-order valence-corrected chi connectivity index (χ0v) is 9.63. The molecule has 2 heteroatoms. The second-order valence-electron chi connectivity index (χ2n) is 4.17. The number of rotatable bonds is 2. The molecule has 0 aliphatic heterocycles. The molecule has 0 N–H and O–H groups in total. The molecule has 0 radical (unpaired) electrons. The fraction of sp³-hybridized carbons (Fsp3) is 0.385. The van der Waals surface area contributed by atoms with Gasteiger partial charge < -0.3 is 9.15 Å². The van der Waals surface area contributed by atoms with Crippen LogP contribution in [0.4, 0.5) is 0 Å². The Morgan fingerprint density at radius 2 is 1.93 bits per heavy atom. The zero-order chi connectivity index (χ0) is 11.0. The monoisotopic (exact) mass is 204 g/mol. The average molecular weight is 204 g/mol. The maximum atomic E-state index is 5.81. The first-order valence-electron chi connectivity index (χ1n) is 5.23. The number of benzene rings is 1. The summed E-state index contributed by atoms with van der Waals surface area (Å²) in [5, 5.41) is 1.07. The molecule has 0 atom stereocenters. The van der Waals surface area contributed by atoms with Gasteiger partial charge in [-0.15, -0.1) is 0 Å². The van der Waals surface area contributed by atoms with Gasteiger partial charge in [0.25, 0.3) is 0 Å². The minimum atomic E-state index is 0.185. The van der Waals surface area contributed by atoms with Crippen molar-refractivity contribution in [2.24, 2.45) is 0 Å². The van der Waals surface area contributed by atoms with Gasteiger partial charge in [-0.2, -0.15) is 0 Å². The van der Waals surface area contributed by atoms with Crippen molar-refractivity contribution in [2.45, 2.75) is 33.8 Å². The van der Waals surface area contributed by atoms with Crippen LogP contribution in [0.25, 0.3) is 11.0 Å². The van der Waals surface area contributed by atoms with Gasteiger partial charge in [0.15, 0.2) is 0 Å². The van der Waals surface area contributed by atoms with Gasteiger partial charge in [0.1, 0.15) is 11.3 Å². The van der Waals surface area contributed by atoms with E-state index in [4.69, 9.17) is 9.15 Å². The lowest BCUT2D eigenvalue weighted by Crippen LogP contribution is -2.07. The van der Waals surface area contributed by atoms with E-state index in [1.54, 1.807) is 6.26 Å². The third-order valence-corrected chi connectivity index (χ3v) is 2.41. The Bertz CT molecular complexity index is 480. The topological polar surface area (TPSA) is 22.4 Å². The molecule has 2 aromatic rings. The maximum Gasteiger partial charge on any atom is 0.140 e. The molecule has 2 rings (SSSR count). The summed E-state index contributed by atoms with van der Waals surface area (Å²) >= 11 is 0. The Labute approximate surface area is 89.8 Å². The van der Waals surface area contributed by atoms with Crippen molar-refractivity contribution in [1.29, 1.82) is 0 Å². The van der Waals surface area contributed by atoms with E-state index in [9.17, 15) is 0 Å². The Morgan fingerprint density at radius 1 is 1.20 bits per heavy atom. The molecule has 0 bridgehead atoms. The molecule has 0 unspecified atom stereocenters. The standard InChI is InChI=1S/C13H16O2/c1-8(2)15-13-10(4)7-9(3)12-11(13)5-6-14-12/h5-8H,1-4H3. The molecule has 2 nitrogen and oxygen atoms in total. The number of aryl methyl sites for hydroxylation is 2. The molecule has 0 spiro atoms. The van der Waals surface area contributed by atoms with E-state index in [0.717, 1.165) is 27.8 Å². The first-order chi connectivity index (χ1) is 7.09. The summed E-state index contributed by atoms with van der Waals surface area (Å²) in [4.78, 5) is 0. The van der Waals surface area contributed by atoms with Crippen LogP contribution >= 0.6 is 0 Å². The van der Waals surface area contributed by atoms with Gasteiger partial charge in [-0.1, -0.05) is 0 Å². The summed E-state index contributed by atoms with van der Waals surface area (Å²) in [6, 6.07) is 4.07. The summed E-state index contributed by atoms with van der Waals surface area (Å²) in [6.07, 6.45) is 1.90. The number of ether oxygens (including phenoxy) is 1. The Morgan fingerprint density at radius 3 is 2.60 bits per heavy atom. The van der Waals surface area contributed by atoms with Gasteiger partial charge in [0.05, 0.1) is 17.8 Å². The van der Waals surface area contributed by atoms with Crippen LogP contribution in [-0.4, -0.2) is 6.10 Å². The third kappa shape index (κ3) is 1.72. The highest BCUT2D eigenvalue weighted by molar-refractivity contribution is 5.88. The van der Waals surface area contributed by atoms with E-state index in [0.29, 0.717) is 0 Å². The van der Waals surface area contributed by atoms with Crippen LogP contribution in [0.1, 0.15) is 25.0 Å². The van der Waals surface area contributed by atoms with Crippen LogP contribution in [0.3, 0.4) is 0 Å². The maximum absolute atomic E-state index is 5.81. The molecular formula is C13H16O2. The first kappa shape index (κ1) is 10.1. The average Bonchev–Trinajstić information content (AvgIpc) is 2.60. The molecule has 0 aliphatic rings. The summed E-state index contributed by atoms with van der Waals surface area (Å²) in [5.74, 6) is 0.944. The lowest BCUT2D eigenvalue weighted by molar-refractivity contribution is 0.244. The largest absolute Gasteiger partial charge is 0.490 e. The van der Waals surface area contributed by atoms with Crippen molar-refractivity contribution in [3.63, 3.8) is 0 Å². The van der Waals surface area contributed by atoms with Crippen molar-refractivity contribution >= 4 is 11.0 Å². The van der Waals surface area contributed by atoms with E-state index in [1.165, 1.54) is 0 Å². The molecule has 1 aromatic carbocycles. The lowest BCUT2D eigenvalue weighted by atomic mass is 10.1. The number of furan rings is 1. The van der Waals surface area contributed by atoms with Gasteiger partial charge in [0.2, 0.25) is 0 Å². The highest BCUT2D eigenvalue weighted by Gasteiger charge is 2.12. The molecule has 0 aliphatic carbocycles. The fourth-order valence-electron chi connectivity index (χ4n) is 1.85. The number of hydrogen-bond donors (Lipinski definition) is 0. The van der Waals surface area contributed by atoms with Crippen molar-refractivity contribution < 1.29 is 9.15 Å². The Kier molecular flexibility index (Phi) is 2.43. The van der Waals surface area contributed by atoms with Crippen LogP contribution in [0.2, 0.25) is 0 Å². The van der Waals surface area contributed by atoms with E-state index < -0.39 is 0 Å². The van der Waals surface area contributed by atoms with Crippen LogP contribution in [0.5, 0.6) is 5.75 Å². The molecule has 0 amide bonds. The van der Waals surface area contributed by atoms with E-state index in [1.807, 2.05) is 19.9 Å². The fourth-order valence-corrected chi connectivity index (χ4v) is 1.85. The SMILES string of the molecule is Cc1cc(C)c2occc2c1OC(C)C. The summed E-state index contributed by atoms with van der Waals surface area (Å²) in [7, 11) is 0. The van der Waals surface area contributed by atoms with Gasteiger partial charge in [0, 0.05) is 0 Å². The van der Waals surface area contributed by atoms with Crippen LogP contribution in [0, 0.1) is 13.8 Å². The molecule has 0 saturated carbocycles. The van der Waals surface area contributed by atoms with E-state index in [-0.39, 0.29) is 6.10 Å². The summed E-state index contributed by atoms with van der Waals surface area (Å²) < 4.78 is 11.3. The van der Waals surface area contributed by atoms with E-state index in [2.05, 4.69) is 19.9 Å². The Hall–Kier alpha value is -1.44. The second kappa shape index (κ2) is 3.61. The smallest absolute Gasteiger partial charge is 0.140 e. The van der Waals surface area contributed by atoms with Crippen molar-refractivity contribution in [1.82, 2.24) is 0 Å². The van der Waals surface area contributed by atoms with Crippen LogP contribution in [-0.2, 0) is 0 Å². The van der Waals surface area contributed by atoms with Crippen molar-refractivity contribution in [3.05, 3.63) is 29.5 Å². The summed E-state index contributed by atoms with van der Waals surface area (Å²) in [5.41, 5.74) is 3.25. The second-order valence-corrected chi connectivity index (χ2v) is 4.17. The van der Waals surface area contributed by atoms with Gasteiger partial charge in [-0.25, -0.2) is 0 Å². The van der Waals surface area contributed by atoms with Gasteiger partial charge in [-0.3, -0.25) is 0 Å². The molecular weight excluding hydrogens is 188 g/mol.